The van der Waals surface area contributed by atoms with Gasteiger partial charge < -0.3 is 14.8 Å². The molecule has 1 aromatic heterocycles. The van der Waals surface area contributed by atoms with Gasteiger partial charge in [-0.3, -0.25) is 0 Å². The summed E-state index contributed by atoms with van der Waals surface area (Å²) < 4.78 is 12.0. The zero-order chi connectivity index (χ0) is 16.6. The van der Waals surface area contributed by atoms with E-state index >= 15 is 0 Å². The topological polar surface area (TPSA) is 43.4 Å². The molecule has 3 rings (SSSR count). The molecule has 0 saturated carbocycles. The fraction of sp³-hybridized carbons (Fsp3) is 0.167. The van der Waals surface area contributed by atoms with Crippen molar-refractivity contribution in [1.82, 2.24) is 4.98 Å². The number of rotatable bonds is 8. The Balaban J connectivity index is 1.50. The van der Waals surface area contributed by atoms with E-state index in [2.05, 4.69) is 10.3 Å². The fourth-order valence-electron chi connectivity index (χ4n) is 2.11. The molecule has 124 valence electrons. The molecule has 0 fully saturated rings. The minimum absolute atomic E-state index is 0.472. The van der Waals surface area contributed by atoms with E-state index in [4.69, 9.17) is 21.1 Å². The van der Waals surface area contributed by atoms with Crippen LogP contribution in [0.25, 0.3) is 0 Å². The summed E-state index contributed by atoms with van der Waals surface area (Å²) in [5.41, 5.74) is 0.932. The Morgan fingerprint density at radius 2 is 1.71 bits per heavy atom. The van der Waals surface area contributed by atoms with Gasteiger partial charge in [0.1, 0.15) is 24.7 Å². The van der Waals surface area contributed by atoms with Crippen LogP contribution in [0, 0.1) is 0 Å². The van der Waals surface area contributed by atoms with E-state index in [9.17, 15) is 0 Å². The third-order valence-electron chi connectivity index (χ3n) is 3.22. The van der Waals surface area contributed by atoms with Gasteiger partial charge in [-0.05, 0) is 24.3 Å². The number of benzene rings is 2. The zero-order valence-electron chi connectivity index (χ0n) is 12.9. The molecule has 0 unspecified atom stereocenters. The number of hydrogen-bond acceptors (Lipinski definition) is 5. The Morgan fingerprint density at radius 3 is 2.50 bits per heavy atom. The number of para-hydroxylation sites is 3. The second-order valence-corrected chi connectivity index (χ2v) is 6.64. The second-order valence-electron chi connectivity index (χ2n) is 4.94. The standard InChI is InChI=1S/C18H17ClN2O2S/c19-18-21-13-15(24-18)12-20-16-8-4-5-9-17(16)23-11-10-22-14-6-2-1-3-7-14/h1-9,13,20H,10-12H2. The quantitative estimate of drug-likeness (QED) is 0.582. The lowest BCUT2D eigenvalue weighted by Gasteiger charge is -2.13. The van der Waals surface area contributed by atoms with Crippen LogP contribution in [0.4, 0.5) is 5.69 Å². The number of ether oxygens (including phenoxy) is 2. The highest BCUT2D eigenvalue weighted by molar-refractivity contribution is 7.15. The number of hydrogen-bond donors (Lipinski definition) is 1. The molecular formula is C18H17ClN2O2S. The molecule has 0 spiro atoms. The maximum Gasteiger partial charge on any atom is 0.183 e. The molecule has 6 heteroatoms. The maximum atomic E-state index is 5.85. The summed E-state index contributed by atoms with van der Waals surface area (Å²) in [6.45, 7) is 1.62. The average molecular weight is 361 g/mol. The van der Waals surface area contributed by atoms with Crippen molar-refractivity contribution in [1.29, 1.82) is 0 Å². The van der Waals surface area contributed by atoms with Crippen LogP contribution in [0.5, 0.6) is 11.5 Å². The van der Waals surface area contributed by atoms with Crippen molar-refractivity contribution < 1.29 is 9.47 Å². The van der Waals surface area contributed by atoms with Crippen LogP contribution in [0.2, 0.25) is 4.47 Å². The van der Waals surface area contributed by atoms with Gasteiger partial charge in [-0.25, -0.2) is 4.98 Å². The Bertz CT molecular complexity index is 764. The first kappa shape index (κ1) is 16.6. The SMILES string of the molecule is Clc1ncc(CNc2ccccc2OCCOc2ccccc2)s1. The highest BCUT2D eigenvalue weighted by Crippen LogP contribution is 2.25. The number of nitrogens with one attached hydrogen (secondary N) is 1. The Kier molecular flexibility index (Phi) is 5.93. The average Bonchev–Trinajstić information content (AvgIpc) is 3.04. The van der Waals surface area contributed by atoms with E-state index in [1.165, 1.54) is 11.3 Å². The van der Waals surface area contributed by atoms with Gasteiger partial charge in [0.15, 0.2) is 4.47 Å². The lowest BCUT2D eigenvalue weighted by molar-refractivity contribution is 0.218. The highest BCUT2D eigenvalue weighted by Gasteiger charge is 2.05. The molecule has 0 amide bonds. The summed E-state index contributed by atoms with van der Waals surface area (Å²) in [4.78, 5) is 5.11. The zero-order valence-corrected chi connectivity index (χ0v) is 14.5. The van der Waals surface area contributed by atoms with E-state index in [1.807, 2.05) is 54.6 Å². The molecule has 0 aliphatic carbocycles. The first-order chi connectivity index (χ1) is 11.8. The van der Waals surface area contributed by atoms with Gasteiger partial charge in [0.05, 0.1) is 12.2 Å². The van der Waals surface area contributed by atoms with Crippen molar-refractivity contribution in [3.8, 4) is 11.5 Å². The van der Waals surface area contributed by atoms with Crippen molar-refractivity contribution in [2.45, 2.75) is 6.54 Å². The van der Waals surface area contributed by atoms with Crippen LogP contribution in [-0.4, -0.2) is 18.2 Å². The first-order valence-corrected chi connectivity index (χ1v) is 8.74. The van der Waals surface area contributed by atoms with Gasteiger partial charge in [0.2, 0.25) is 0 Å². The first-order valence-electron chi connectivity index (χ1n) is 7.55. The molecule has 24 heavy (non-hydrogen) atoms. The molecule has 0 atom stereocenters. The van der Waals surface area contributed by atoms with E-state index in [0.29, 0.717) is 24.2 Å². The molecule has 3 aromatic rings. The Hall–Kier alpha value is -2.24. The third-order valence-corrected chi connectivity index (χ3v) is 4.33. The molecular weight excluding hydrogens is 344 g/mol. The lowest BCUT2D eigenvalue weighted by Crippen LogP contribution is -2.10. The van der Waals surface area contributed by atoms with Crippen LogP contribution in [0.15, 0.2) is 60.8 Å². The minimum Gasteiger partial charge on any atom is -0.490 e. The summed E-state index contributed by atoms with van der Waals surface area (Å²) in [6, 6.07) is 17.5. The third kappa shape index (κ3) is 4.88. The van der Waals surface area contributed by atoms with Gasteiger partial charge in [-0.15, -0.1) is 11.3 Å². The number of halogens is 1. The Morgan fingerprint density at radius 1 is 0.958 bits per heavy atom. The normalized spacial score (nSPS) is 10.4. The van der Waals surface area contributed by atoms with E-state index in [1.54, 1.807) is 6.20 Å². The van der Waals surface area contributed by atoms with Crippen LogP contribution >= 0.6 is 22.9 Å². The van der Waals surface area contributed by atoms with E-state index < -0.39 is 0 Å². The number of nitrogens with zero attached hydrogens (tertiary/aromatic N) is 1. The molecule has 0 aliphatic rings. The van der Waals surface area contributed by atoms with Crippen LogP contribution < -0.4 is 14.8 Å². The number of aromatic nitrogens is 1. The van der Waals surface area contributed by atoms with E-state index in [0.717, 1.165) is 22.1 Å². The summed E-state index contributed by atoms with van der Waals surface area (Å²) in [5, 5.41) is 3.35. The maximum absolute atomic E-state index is 5.85. The molecule has 0 bridgehead atoms. The van der Waals surface area contributed by atoms with Crippen molar-refractivity contribution in [3.05, 3.63) is 70.1 Å². The van der Waals surface area contributed by atoms with Gasteiger partial charge in [0, 0.05) is 11.1 Å². The van der Waals surface area contributed by atoms with Crippen LogP contribution in [0.1, 0.15) is 4.88 Å². The number of thiazole rings is 1. The molecule has 4 nitrogen and oxygen atoms in total. The van der Waals surface area contributed by atoms with Crippen molar-refractivity contribution in [3.63, 3.8) is 0 Å². The molecule has 1 heterocycles. The molecule has 0 radical (unpaired) electrons. The largest absolute Gasteiger partial charge is 0.490 e. The van der Waals surface area contributed by atoms with Crippen molar-refractivity contribution in [2.75, 3.05) is 18.5 Å². The monoisotopic (exact) mass is 360 g/mol. The van der Waals surface area contributed by atoms with Crippen molar-refractivity contribution >= 4 is 28.6 Å². The summed E-state index contributed by atoms with van der Waals surface area (Å²) in [5.74, 6) is 1.64. The predicted octanol–water partition coefficient (Wildman–Crippen LogP) is 4.87. The van der Waals surface area contributed by atoms with Gasteiger partial charge in [-0.1, -0.05) is 41.9 Å². The molecule has 2 aromatic carbocycles. The molecule has 0 aliphatic heterocycles. The summed E-state index contributed by atoms with van der Waals surface area (Å²) in [6.07, 6.45) is 1.77. The number of anilines is 1. The minimum atomic E-state index is 0.472. The van der Waals surface area contributed by atoms with Gasteiger partial charge >= 0.3 is 0 Å². The van der Waals surface area contributed by atoms with Crippen LogP contribution in [-0.2, 0) is 6.54 Å². The van der Waals surface area contributed by atoms with Crippen LogP contribution in [0.3, 0.4) is 0 Å². The Labute approximate surface area is 150 Å². The fourth-order valence-corrected chi connectivity index (χ4v) is 3.03. The lowest BCUT2D eigenvalue weighted by atomic mass is 10.3. The summed E-state index contributed by atoms with van der Waals surface area (Å²) >= 11 is 7.31. The summed E-state index contributed by atoms with van der Waals surface area (Å²) in [7, 11) is 0. The highest BCUT2D eigenvalue weighted by atomic mass is 35.5. The second kappa shape index (κ2) is 8.57. The smallest absolute Gasteiger partial charge is 0.183 e. The van der Waals surface area contributed by atoms with E-state index in [-0.39, 0.29) is 0 Å². The van der Waals surface area contributed by atoms with Gasteiger partial charge in [0.25, 0.3) is 0 Å². The van der Waals surface area contributed by atoms with Gasteiger partial charge in [-0.2, -0.15) is 0 Å². The predicted molar refractivity (Wildman–Crippen MR) is 98.3 cm³/mol. The van der Waals surface area contributed by atoms with Crippen molar-refractivity contribution in [2.24, 2.45) is 0 Å². The molecule has 0 saturated heterocycles. The molecule has 1 N–H and O–H groups in total.